The molecule has 2 rings (SSSR count). The Labute approximate surface area is 102 Å². The molecule has 0 spiro atoms. The zero-order valence-electron chi connectivity index (χ0n) is 8.58. The molecule has 5 heteroatoms. The Morgan fingerprint density at radius 2 is 1.71 bits per heavy atom. The van der Waals surface area contributed by atoms with E-state index >= 15 is 0 Å². The highest BCUT2D eigenvalue weighted by atomic mass is 35.5. The molecule has 0 unspecified atom stereocenters. The first kappa shape index (κ1) is 11.7. The molecule has 0 atom stereocenters. The molecular weight excluding hydrogens is 248 g/mol. The first-order chi connectivity index (χ1) is 8.06. The van der Waals surface area contributed by atoms with E-state index in [0.717, 1.165) is 12.1 Å². The molecule has 0 fully saturated rings. The minimum Gasteiger partial charge on any atom is -0.453 e. The molecule has 0 radical (unpaired) electrons. The molecule has 0 saturated carbocycles. The fourth-order valence-corrected chi connectivity index (χ4v) is 1.50. The lowest BCUT2D eigenvalue weighted by atomic mass is 10.3. The van der Waals surface area contributed by atoms with Crippen molar-refractivity contribution in [1.82, 2.24) is 0 Å². The van der Waals surface area contributed by atoms with E-state index in [1.165, 1.54) is 18.2 Å². The largest absolute Gasteiger partial charge is 0.453 e. The van der Waals surface area contributed by atoms with Crippen molar-refractivity contribution in [3.8, 4) is 11.5 Å². The summed E-state index contributed by atoms with van der Waals surface area (Å²) in [6.45, 7) is 0. The van der Waals surface area contributed by atoms with Crippen LogP contribution in [0.25, 0.3) is 0 Å². The van der Waals surface area contributed by atoms with Crippen molar-refractivity contribution in [3.63, 3.8) is 0 Å². The maximum absolute atomic E-state index is 13.3. The number of hydrogen-bond acceptors (Lipinski definition) is 2. The summed E-state index contributed by atoms with van der Waals surface area (Å²) in [5.74, 6) is -1.31. The van der Waals surface area contributed by atoms with Crippen molar-refractivity contribution < 1.29 is 13.5 Å². The van der Waals surface area contributed by atoms with E-state index in [4.69, 9.17) is 22.1 Å². The summed E-state index contributed by atoms with van der Waals surface area (Å²) in [5, 5.41) is 0.258. The minimum absolute atomic E-state index is 0.0990. The van der Waals surface area contributed by atoms with Crippen LogP contribution in [0, 0.1) is 11.6 Å². The van der Waals surface area contributed by atoms with E-state index in [0.29, 0.717) is 5.69 Å². The molecule has 2 N–H and O–H groups in total. The molecule has 2 aromatic rings. The third-order valence-electron chi connectivity index (χ3n) is 2.07. The smallest absolute Gasteiger partial charge is 0.168 e. The summed E-state index contributed by atoms with van der Waals surface area (Å²) in [7, 11) is 0. The van der Waals surface area contributed by atoms with Crippen molar-refractivity contribution >= 4 is 17.3 Å². The molecule has 0 bridgehead atoms. The van der Waals surface area contributed by atoms with Gasteiger partial charge in [0.25, 0.3) is 0 Å². The van der Waals surface area contributed by atoms with Crippen LogP contribution in [0.15, 0.2) is 36.4 Å². The predicted molar refractivity (Wildman–Crippen MR) is 62.3 cm³/mol. The van der Waals surface area contributed by atoms with Crippen LogP contribution in [0.1, 0.15) is 0 Å². The molecule has 0 aliphatic rings. The number of anilines is 1. The summed E-state index contributed by atoms with van der Waals surface area (Å²) in [4.78, 5) is 0. The van der Waals surface area contributed by atoms with Gasteiger partial charge in [0.2, 0.25) is 0 Å². The molecule has 0 aliphatic carbocycles. The molecule has 2 aromatic carbocycles. The van der Waals surface area contributed by atoms with E-state index in [1.807, 2.05) is 0 Å². The van der Waals surface area contributed by atoms with Gasteiger partial charge in [-0.1, -0.05) is 11.6 Å². The van der Waals surface area contributed by atoms with Crippen LogP contribution in [-0.2, 0) is 0 Å². The quantitative estimate of drug-likeness (QED) is 0.824. The van der Waals surface area contributed by atoms with E-state index < -0.39 is 11.6 Å². The van der Waals surface area contributed by atoms with Crippen LogP contribution in [0.4, 0.5) is 14.5 Å². The van der Waals surface area contributed by atoms with Gasteiger partial charge in [0.1, 0.15) is 11.6 Å². The Balaban J connectivity index is 2.31. The second-order valence-corrected chi connectivity index (χ2v) is 3.77. The second kappa shape index (κ2) is 4.59. The molecule has 0 heterocycles. The van der Waals surface area contributed by atoms with Crippen molar-refractivity contribution in [2.45, 2.75) is 0 Å². The highest BCUT2D eigenvalue weighted by Gasteiger charge is 2.08. The van der Waals surface area contributed by atoms with Gasteiger partial charge in [-0.05, 0) is 30.3 Å². The molecule has 17 heavy (non-hydrogen) atoms. The lowest BCUT2D eigenvalue weighted by Crippen LogP contribution is -1.91. The van der Waals surface area contributed by atoms with Gasteiger partial charge in [-0.3, -0.25) is 0 Å². The molecule has 0 aromatic heterocycles. The predicted octanol–water partition coefficient (Wildman–Crippen LogP) is 3.99. The van der Waals surface area contributed by atoms with E-state index in [-0.39, 0.29) is 16.5 Å². The third kappa shape index (κ3) is 2.65. The van der Waals surface area contributed by atoms with Crippen molar-refractivity contribution in [2.24, 2.45) is 0 Å². The molecular formula is C12H8ClF2NO. The monoisotopic (exact) mass is 255 g/mol. The zero-order chi connectivity index (χ0) is 12.4. The minimum atomic E-state index is -0.794. The summed E-state index contributed by atoms with van der Waals surface area (Å²) in [5.41, 5.74) is 5.98. The van der Waals surface area contributed by atoms with Crippen LogP contribution in [0.3, 0.4) is 0 Å². The first-order valence-electron chi connectivity index (χ1n) is 4.74. The SMILES string of the molecule is Nc1ccc(Oc2ccc(F)cc2F)c(Cl)c1. The van der Waals surface area contributed by atoms with Gasteiger partial charge in [-0.25, -0.2) is 8.78 Å². The van der Waals surface area contributed by atoms with E-state index in [2.05, 4.69) is 0 Å². The first-order valence-corrected chi connectivity index (χ1v) is 5.12. The maximum atomic E-state index is 13.3. The van der Waals surface area contributed by atoms with Gasteiger partial charge in [0.15, 0.2) is 11.6 Å². The molecule has 0 aliphatic heterocycles. The lowest BCUT2D eigenvalue weighted by Gasteiger charge is -2.08. The number of rotatable bonds is 2. The summed E-state index contributed by atoms with van der Waals surface area (Å²) < 4.78 is 31.2. The van der Waals surface area contributed by atoms with Crippen molar-refractivity contribution in [1.29, 1.82) is 0 Å². The van der Waals surface area contributed by atoms with Crippen LogP contribution < -0.4 is 10.5 Å². The second-order valence-electron chi connectivity index (χ2n) is 3.37. The number of benzene rings is 2. The van der Waals surface area contributed by atoms with Gasteiger partial charge in [0.05, 0.1) is 5.02 Å². The number of ether oxygens (including phenoxy) is 1. The van der Waals surface area contributed by atoms with Gasteiger partial charge >= 0.3 is 0 Å². The number of nitrogens with two attached hydrogens (primary N) is 1. The maximum Gasteiger partial charge on any atom is 0.168 e. The number of nitrogen functional groups attached to an aromatic ring is 1. The standard InChI is InChI=1S/C12H8ClF2NO/c13-9-6-8(16)2-4-11(9)17-12-3-1-7(14)5-10(12)15/h1-6H,16H2. The average Bonchev–Trinajstić information content (AvgIpc) is 2.25. The average molecular weight is 256 g/mol. The topological polar surface area (TPSA) is 35.2 Å². The molecule has 0 amide bonds. The highest BCUT2D eigenvalue weighted by Crippen LogP contribution is 2.32. The highest BCUT2D eigenvalue weighted by molar-refractivity contribution is 6.32. The van der Waals surface area contributed by atoms with Crippen LogP contribution >= 0.6 is 11.6 Å². The van der Waals surface area contributed by atoms with E-state index in [1.54, 1.807) is 6.07 Å². The van der Waals surface area contributed by atoms with Crippen LogP contribution in [-0.4, -0.2) is 0 Å². The lowest BCUT2D eigenvalue weighted by molar-refractivity contribution is 0.438. The Morgan fingerprint density at radius 3 is 2.35 bits per heavy atom. The summed E-state index contributed by atoms with van der Waals surface area (Å²) >= 11 is 5.86. The zero-order valence-corrected chi connectivity index (χ0v) is 9.34. The molecule has 88 valence electrons. The van der Waals surface area contributed by atoms with Crippen LogP contribution in [0.2, 0.25) is 5.02 Å². The van der Waals surface area contributed by atoms with Gasteiger partial charge in [-0.2, -0.15) is 0 Å². The van der Waals surface area contributed by atoms with Crippen molar-refractivity contribution in [2.75, 3.05) is 5.73 Å². The number of hydrogen-bond donors (Lipinski definition) is 1. The van der Waals surface area contributed by atoms with E-state index in [9.17, 15) is 8.78 Å². The van der Waals surface area contributed by atoms with Crippen LogP contribution in [0.5, 0.6) is 11.5 Å². The summed E-state index contributed by atoms with van der Waals surface area (Å²) in [6, 6.07) is 7.60. The normalized spacial score (nSPS) is 10.3. The van der Waals surface area contributed by atoms with Crippen molar-refractivity contribution in [3.05, 3.63) is 53.1 Å². The fourth-order valence-electron chi connectivity index (χ4n) is 1.28. The molecule has 0 saturated heterocycles. The Kier molecular flexibility index (Phi) is 3.15. The Bertz CT molecular complexity index is 511. The molecule has 2 nitrogen and oxygen atoms in total. The van der Waals surface area contributed by atoms with Gasteiger partial charge in [0, 0.05) is 11.8 Å². The fraction of sp³-hybridized carbons (Fsp3) is 0. The summed E-state index contributed by atoms with van der Waals surface area (Å²) in [6.07, 6.45) is 0. The number of halogens is 3. The Hall–Kier alpha value is -1.81. The van der Waals surface area contributed by atoms with Gasteiger partial charge < -0.3 is 10.5 Å². The third-order valence-corrected chi connectivity index (χ3v) is 2.37. The van der Waals surface area contributed by atoms with Gasteiger partial charge in [-0.15, -0.1) is 0 Å². The Morgan fingerprint density at radius 1 is 1.00 bits per heavy atom.